The van der Waals surface area contributed by atoms with E-state index in [9.17, 15) is 9.59 Å². The summed E-state index contributed by atoms with van der Waals surface area (Å²) in [5.74, 6) is -0.762. The summed E-state index contributed by atoms with van der Waals surface area (Å²) in [5.41, 5.74) is 2.44. The molecule has 1 fully saturated rings. The second-order valence-corrected chi connectivity index (χ2v) is 6.92. The Morgan fingerprint density at radius 3 is 2.59 bits per heavy atom. The second kappa shape index (κ2) is 6.16. The summed E-state index contributed by atoms with van der Waals surface area (Å²) in [5, 5.41) is 11.8. The third-order valence-electron chi connectivity index (χ3n) is 4.06. The minimum atomic E-state index is -0.401. The lowest BCUT2D eigenvalue weighted by Gasteiger charge is -2.43. The van der Waals surface area contributed by atoms with Crippen molar-refractivity contribution in [1.82, 2.24) is 20.6 Å². The van der Waals surface area contributed by atoms with Crippen molar-refractivity contribution in [1.29, 1.82) is 0 Å². The Morgan fingerprint density at radius 1 is 1.36 bits per heavy atom. The van der Waals surface area contributed by atoms with Crippen molar-refractivity contribution >= 4 is 11.9 Å². The number of nitrogens with zero attached hydrogens (tertiary/aromatic N) is 2. The van der Waals surface area contributed by atoms with E-state index in [1.165, 1.54) is 0 Å². The quantitative estimate of drug-likeness (QED) is 0.523. The molecule has 22 heavy (non-hydrogen) atoms. The molecule has 2 heterocycles. The van der Waals surface area contributed by atoms with Gasteiger partial charge >= 0.3 is 6.03 Å². The van der Waals surface area contributed by atoms with Gasteiger partial charge in [0.1, 0.15) is 0 Å². The molecule has 3 N–H and O–H groups in total. The molecule has 124 valence electrons. The Kier molecular flexibility index (Phi) is 4.65. The van der Waals surface area contributed by atoms with Crippen LogP contribution < -0.4 is 10.8 Å². The molecule has 2 atom stereocenters. The van der Waals surface area contributed by atoms with Gasteiger partial charge in [-0.3, -0.25) is 10.0 Å². The normalized spacial score (nSPS) is 24.7. The van der Waals surface area contributed by atoms with Crippen LogP contribution in [0, 0.1) is 5.92 Å². The second-order valence-electron chi connectivity index (χ2n) is 6.92. The van der Waals surface area contributed by atoms with Crippen LogP contribution in [0.15, 0.2) is 11.8 Å². The number of carbonyl (C=O) groups excluding carboxylic acids is 2. The molecule has 2 unspecified atom stereocenters. The molecule has 0 bridgehead atoms. The van der Waals surface area contributed by atoms with E-state index < -0.39 is 5.91 Å². The van der Waals surface area contributed by atoms with Gasteiger partial charge in [0.2, 0.25) is 0 Å². The molecule has 7 nitrogen and oxygen atoms in total. The van der Waals surface area contributed by atoms with Crippen LogP contribution in [0.25, 0.3) is 0 Å². The third-order valence-corrected chi connectivity index (χ3v) is 4.06. The highest BCUT2D eigenvalue weighted by Gasteiger charge is 2.39. The summed E-state index contributed by atoms with van der Waals surface area (Å²) < 4.78 is 0. The van der Waals surface area contributed by atoms with Gasteiger partial charge in [-0.15, -0.1) is 0 Å². The number of hydrogen-bond acceptors (Lipinski definition) is 4. The zero-order valence-electron chi connectivity index (χ0n) is 13.7. The van der Waals surface area contributed by atoms with E-state index in [0.29, 0.717) is 19.6 Å². The Hall–Kier alpha value is -1.76. The van der Waals surface area contributed by atoms with E-state index >= 15 is 0 Å². The summed E-state index contributed by atoms with van der Waals surface area (Å²) >= 11 is 0. The van der Waals surface area contributed by atoms with Crippen LogP contribution in [-0.4, -0.2) is 58.2 Å². The maximum atomic E-state index is 12.5. The fourth-order valence-corrected chi connectivity index (χ4v) is 3.10. The fourth-order valence-electron chi connectivity index (χ4n) is 3.10. The van der Waals surface area contributed by atoms with Crippen molar-refractivity contribution in [2.75, 3.05) is 19.6 Å². The van der Waals surface area contributed by atoms with Crippen molar-refractivity contribution in [3.63, 3.8) is 0 Å². The standard InChI is InChI=1S/C15H26N4O3/c1-5-11-12-8-10(13(20)17-22)9-18(12)6-7-19(11)14(21)16-15(2,3)4/h8,10-11,22H,5-7,9H2,1-4H3,(H,16,21)(H,17,20). The van der Waals surface area contributed by atoms with Crippen molar-refractivity contribution < 1.29 is 14.8 Å². The molecule has 0 radical (unpaired) electrons. The largest absolute Gasteiger partial charge is 0.370 e. The predicted octanol–water partition coefficient (Wildman–Crippen LogP) is 0.910. The Labute approximate surface area is 131 Å². The van der Waals surface area contributed by atoms with Crippen LogP contribution in [0.5, 0.6) is 0 Å². The first-order chi connectivity index (χ1) is 10.3. The number of nitrogens with one attached hydrogen (secondary N) is 2. The average Bonchev–Trinajstić information content (AvgIpc) is 2.87. The topological polar surface area (TPSA) is 84.9 Å². The van der Waals surface area contributed by atoms with Crippen LogP contribution >= 0.6 is 0 Å². The molecule has 7 heteroatoms. The molecule has 0 aromatic rings. The van der Waals surface area contributed by atoms with Gasteiger partial charge in [-0.2, -0.15) is 0 Å². The molecule has 0 aromatic carbocycles. The number of urea groups is 1. The van der Waals surface area contributed by atoms with Crippen LogP contribution in [0.1, 0.15) is 34.1 Å². The molecule has 0 spiro atoms. The molecule has 0 saturated carbocycles. The maximum Gasteiger partial charge on any atom is 0.318 e. The molecule has 0 aliphatic carbocycles. The van der Waals surface area contributed by atoms with Gasteiger partial charge in [0.15, 0.2) is 0 Å². The van der Waals surface area contributed by atoms with E-state index in [1.54, 1.807) is 5.48 Å². The van der Waals surface area contributed by atoms with Crippen molar-refractivity contribution in [3.05, 3.63) is 11.8 Å². The number of rotatable bonds is 2. The highest BCUT2D eigenvalue weighted by Crippen LogP contribution is 2.31. The summed E-state index contributed by atoms with van der Waals surface area (Å²) in [4.78, 5) is 28.1. The van der Waals surface area contributed by atoms with E-state index in [-0.39, 0.29) is 23.5 Å². The Balaban J connectivity index is 2.17. The molecular formula is C15H26N4O3. The zero-order valence-corrected chi connectivity index (χ0v) is 13.7. The van der Waals surface area contributed by atoms with Crippen molar-refractivity contribution in [3.8, 4) is 0 Å². The van der Waals surface area contributed by atoms with Gasteiger partial charge in [-0.25, -0.2) is 10.3 Å². The highest BCUT2D eigenvalue weighted by molar-refractivity contribution is 5.80. The fraction of sp³-hybridized carbons (Fsp3) is 0.733. The van der Waals surface area contributed by atoms with Crippen LogP contribution in [0.4, 0.5) is 4.79 Å². The summed E-state index contributed by atoms with van der Waals surface area (Å²) in [6.07, 6.45) is 2.66. The minimum absolute atomic E-state index is 0.0346. The lowest BCUT2D eigenvalue weighted by molar-refractivity contribution is -0.131. The summed E-state index contributed by atoms with van der Waals surface area (Å²) in [6, 6.07) is -0.109. The van der Waals surface area contributed by atoms with E-state index in [2.05, 4.69) is 10.2 Å². The van der Waals surface area contributed by atoms with Gasteiger partial charge in [0.25, 0.3) is 5.91 Å². The van der Waals surface area contributed by atoms with E-state index in [4.69, 9.17) is 5.21 Å². The first-order valence-corrected chi connectivity index (χ1v) is 7.76. The molecule has 2 aliphatic heterocycles. The van der Waals surface area contributed by atoms with Gasteiger partial charge in [-0.05, 0) is 33.3 Å². The lowest BCUT2D eigenvalue weighted by Crippen LogP contribution is -2.58. The maximum absolute atomic E-state index is 12.5. The molecular weight excluding hydrogens is 284 g/mol. The van der Waals surface area contributed by atoms with Crippen LogP contribution in [-0.2, 0) is 4.79 Å². The minimum Gasteiger partial charge on any atom is -0.370 e. The molecule has 1 saturated heterocycles. The number of amides is 3. The zero-order chi connectivity index (χ0) is 16.5. The van der Waals surface area contributed by atoms with Crippen molar-refractivity contribution in [2.45, 2.75) is 45.7 Å². The lowest BCUT2D eigenvalue weighted by atomic mass is 10.0. The van der Waals surface area contributed by atoms with Crippen LogP contribution in [0.3, 0.4) is 0 Å². The first-order valence-electron chi connectivity index (χ1n) is 7.76. The number of fused-ring (bicyclic) bond motifs is 1. The number of hydroxylamine groups is 1. The first kappa shape index (κ1) is 16.6. The Bertz CT molecular complexity index is 484. The molecule has 2 aliphatic rings. The number of carbonyl (C=O) groups is 2. The molecule has 3 amide bonds. The third kappa shape index (κ3) is 3.35. The number of hydrogen-bond donors (Lipinski definition) is 3. The predicted molar refractivity (Wildman–Crippen MR) is 82.1 cm³/mol. The van der Waals surface area contributed by atoms with Gasteiger partial charge in [0.05, 0.1) is 12.0 Å². The summed E-state index contributed by atoms with van der Waals surface area (Å²) in [7, 11) is 0. The monoisotopic (exact) mass is 310 g/mol. The average molecular weight is 310 g/mol. The van der Waals surface area contributed by atoms with Crippen molar-refractivity contribution in [2.24, 2.45) is 5.92 Å². The molecule has 0 aromatic heterocycles. The van der Waals surface area contributed by atoms with E-state index in [1.807, 2.05) is 38.7 Å². The van der Waals surface area contributed by atoms with Crippen LogP contribution in [0.2, 0.25) is 0 Å². The summed E-state index contributed by atoms with van der Waals surface area (Å²) in [6.45, 7) is 9.80. The van der Waals surface area contributed by atoms with E-state index in [0.717, 1.165) is 12.1 Å². The molecule has 2 rings (SSSR count). The number of piperazine rings is 1. The van der Waals surface area contributed by atoms with Gasteiger partial charge in [-0.1, -0.05) is 6.92 Å². The smallest absolute Gasteiger partial charge is 0.318 e. The van der Waals surface area contributed by atoms with Gasteiger partial charge in [0, 0.05) is 30.9 Å². The van der Waals surface area contributed by atoms with Gasteiger partial charge < -0.3 is 15.1 Å². The highest BCUT2D eigenvalue weighted by atomic mass is 16.5. The Morgan fingerprint density at radius 2 is 2.05 bits per heavy atom. The SMILES string of the molecule is CCC1C2=CC(C(=O)NO)CN2CCN1C(=O)NC(C)(C)C.